The van der Waals surface area contributed by atoms with E-state index in [-0.39, 0.29) is 29.5 Å². The highest BCUT2D eigenvalue weighted by Gasteiger charge is 2.36. The lowest BCUT2D eigenvalue weighted by Gasteiger charge is -2.26. The van der Waals surface area contributed by atoms with Crippen molar-refractivity contribution in [1.82, 2.24) is 9.78 Å². The van der Waals surface area contributed by atoms with E-state index in [1.807, 2.05) is 32.9 Å². The fraction of sp³-hybridized carbons (Fsp3) is 0.533. The molecule has 1 saturated carbocycles. The van der Waals surface area contributed by atoms with Crippen LogP contribution in [0.5, 0.6) is 0 Å². The van der Waals surface area contributed by atoms with Crippen LogP contribution in [0.25, 0.3) is 5.57 Å². The molecule has 3 aliphatic rings. The maximum absolute atomic E-state index is 14.0. The van der Waals surface area contributed by atoms with Crippen LogP contribution < -0.4 is 0 Å². The molecule has 37 heavy (non-hydrogen) atoms. The van der Waals surface area contributed by atoms with E-state index in [0.29, 0.717) is 48.6 Å². The fourth-order valence-corrected chi connectivity index (χ4v) is 5.90. The summed E-state index contributed by atoms with van der Waals surface area (Å²) in [6, 6.07) is 5.65. The first-order chi connectivity index (χ1) is 17.5. The highest BCUT2D eigenvalue weighted by Crippen LogP contribution is 2.44. The molecule has 1 aromatic heterocycles. The largest absolute Gasteiger partial charge is 0.460 e. The zero-order valence-electron chi connectivity index (χ0n) is 22.1. The molecule has 6 nitrogen and oxygen atoms in total. The topological polar surface area (TPSA) is 78.3 Å². The van der Waals surface area contributed by atoms with Crippen molar-refractivity contribution in [3.05, 3.63) is 57.4 Å². The molecule has 2 aromatic rings. The third kappa shape index (κ3) is 5.31. The summed E-state index contributed by atoms with van der Waals surface area (Å²) >= 11 is 6.58. The first kappa shape index (κ1) is 25.9. The van der Waals surface area contributed by atoms with Crippen LogP contribution >= 0.6 is 11.6 Å². The summed E-state index contributed by atoms with van der Waals surface area (Å²) < 4.78 is 7.12. The number of hydrogen-bond donors (Lipinski definition) is 0. The van der Waals surface area contributed by atoms with Crippen molar-refractivity contribution >= 4 is 34.8 Å². The number of nitrogens with zero attached hydrogens (tertiary/aromatic N) is 2. The predicted molar refractivity (Wildman–Crippen MR) is 143 cm³/mol. The molecule has 1 aromatic carbocycles. The second-order valence-corrected chi connectivity index (χ2v) is 12.2. The summed E-state index contributed by atoms with van der Waals surface area (Å²) in [6.07, 6.45) is 8.11. The number of hydrogen-bond acceptors (Lipinski definition) is 5. The summed E-state index contributed by atoms with van der Waals surface area (Å²) in [7, 11) is 0. The Balaban J connectivity index is 1.51. The van der Waals surface area contributed by atoms with Crippen molar-refractivity contribution in [1.29, 1.82) is 0 Å². The van der Waals surface area contributed by atoms with Crippen molar-refractivity contribution < 1.29 is 19.1 Å². The lowest BCUT2D eigenvalue weighted by Crippen LogP contribution is -2.29. The third-order valence-electron chi connectivity index (χ3n) is 7.77. The standard InChI is InChI=1S/C30H35ClN2O4/c1-17(34)21-14-15-23-25(16-21)33(28(35)26-22(18-8-9-18)6-5-7-24(26)31)32-27(23)19-10-12-20(13-11-19)29(36)37-30(2,3)4/h5-7,10,18,20-21H,8-9,11-16H2,1-4H3. The van der Waals surface area contributed by atoms with Gasteiger partial charge in [0.05, 0.1) is 27.9 Å². The van der Waals surface area contributed by atoms with E-state index in [2.05, 4.69) is 6.08 Å². The number of ether oxygens (including phenoxy) is 1. The zero-order valence-corrected chi connectivity index (χ0v) is 22.9. The number of ketones is 1. The second kappa shape index (κ2) is 9.86. The van der Waals surface area contributed by atoms with E-state index < -0.39 is 5.60 Å². The van der Waals surface area contributed by atoms with Gasteiger partial charge in [-0.1, -0.05) is 29.8 Å². The molecule has 0 saturated heterocycles. The zero-order chi connectivity index (χ0) is 26.5. The number of halogens is 1. The van der Waals surface area contributed by atoms with Crippen LogP contribution in [-0.4, -0.2) is 33.0 Å². The first-order valence-corrected chi connectivity index (χ1v) is 13.8. The number of carbonyl (C=O) groups is 3. The van der Waals surface area contributed by atoms with Crippen LogP contribution in [0.15, 0.2) is 24.3 Å². The number of allylic oxidation sites excluding steroid dienone is 2. The Morgan fingerprint density at radius 1 is 1.05 bits per heavy atom. The number of rotatable bonds is 5. The van der Waals surface area contributed by atoms with Gasteiger partial charge in [-0.15, -0.1) is 0 Å². The molecule has 2 unspecified atom stereocenters. The fourth-order valence-electron chi connectivity index (χ4n) is 5.64. The van der Waals surface area contributed by atoms with E-state index in [1.165, 1.54) is 4.68 Å². The Morgan fingerprint density at radius 2 is 1.78 bits per heavy atom. The van der Waals surface area contributed by atoms with Crippen molar-refractivity contribution in [2.45, 2.75) is 90.6 Å². The summed E-state index contributed by atoms with van der Waals surface area (Å²) in [6.45, 7) is 7.27. The molecular weight excluding hydrogens is 488 g/mol. The SMILES string of the molecule is CC(=O)C1CCc2c(C3=CCC(C(=O)OC(C)(C)C)CC3)nn(C(=O)c3c(Cl)cccc3C3CC3)c2C1. The van der Waals surface area contributed by atoms with Crippen molar-refractivity contribution in [2.75, 3.05) is 0 Å². The Morgan fingerprint density at radius 3 is 2.41 bits per heavy atom. The van der Waals surface area contributed by atoms with Crippen LogP contribution in [0.3, 0.4) is 0 Å². The number of aromatic nitrogens is 2. The minimum atomic E-state index is -0.509. The minimum Gasteiger partial charge on any atom is -0.460 e. The molecule has 5 rings (SSSR count). The molecule has 7 heteroatoms. The van der Waals surface area contributed by atoms with Crippen LogP contribution in [0.4, 0.5) is 0 Å². The van der Waals surface area contributed by atoms with Gasteiger partial charge in [0.15, 0.2) is 0 Å². The molecular formula is C30H35ClN2O4. The quantitative estimate of drug-likeness (QED) is 0.429. The lowest BCUT2D eigenvalue weighted by atomic mass is 9.81. The summed E-state index contributed by atoms with van der Waals surface area (Å²) in [5.41, 5.74) is 4.76. The second-order valence-electron chi connectivity index (χ2n) is 11.8. The molecule has 0 radical (unpaired) electrons. The number of benzene rings is 1. The van der Waals surface area contributed by atoms with Gasteiger partial charge >= 0.3 is 5.97 Å². The normalized spacial score (nSPS) is 21.7. The highest BCUT2D eigenvalue weighted by molar-refractivity contribution is 6.34. The Kier molecular flexibility index (Phi) is 6.90. The average Bonchev–Trinajstić information content (AvgIpc) is 3.62. The smallest absolute Gasteiger partial charge is 0.309 e. The van der Waals surface area contributed by atoms with Crippen LogP contribution in [0.1, 0.15) is 105 Å². The molecule has 3 aliphatic carbocycles. The minimum absolute atomic E-state index is 0.116. The van der Waals surface area contributed by atoms with E-state index in [1.54, 1.807) is 13.0 Å². The lowest BCUT2D eigenvalue weighted by molar-refractivity contribution is -0.160. The molecule has 0 N–H and O–H groups in total. The van der Waals surface area contributed by atoms with Gasteiger partial charge in [-0.2, -0.15) is 9.78 Å². The molecule has 0 bridgehead atoms. The first-order valence-electron chi connectivity index (χ1n) is 13.4. The number of carbonyl (C=O) groups excluding carboxylic acids is 3. The molecule has 1 fully saturated rings. The monoisotopic (exact) mass is 522 g/mol. The summed E-state index contributed by atoms with van der Waals surface area (Å²) in [5.74, 6) is -0.174. The van der Waals surface area contributed by atoms with Gasteiger partial charge in [-0.25, -0.2) is 0 Å². The van der Waals surface area contributed by atoms with Gasteiger partial charge in [0.2, 0.25) is 0 Å². The van der Waals surface area contributed by atoms with Gasteiger partial charge in [0, 0.05) is 11.5 Å². The highest BCUT2D eigenvalue weighted by atomic mass is 35.5. The third-order valence-corrected chi connectivity index (χ3v) is 8.09. The van der Waals surface area contributed by atoms with E-state index >= 15 is 0 Å². The van der Waals surface area contributed by atoms with Crippen LogP contribution in [0.2, 0.25) is 5.02 Å². The van der Waals surface area contributed by atoms with Gasteiger partial charge in [0.1, 0.15) is 11.4 Å². The average molecular weight is 523 g/mol. The van der Waals surface area contributed by atoms with Crippen LogP contribution in [-0.2, 0) is 27.2 Å². The molecule has 196 valence electrons. The Bertz CT molecular complexity index is 1300. The Hall–Kier alpha value is -2.73. The maximum Gasteiger partial charge on any atom is 0.309 e. The van der Waals surface area contributed by atoms with Crippen molar-refractivity contribution in [2.24, 2.45) is 11.8 Å². The van der Waals surface area contributed by atoms with Crippen molar-refractivity contribution in [3.8, 4) is 0 Å². The van der Waals surface area contributed by atoms with Crippen molar-refractivity contribution in [3.63, 3.8) is 0 Å². The number of fused-ring (bicyclic) bond motifs is 1. The van der Waals surface area contributed by atoms with Gasteiger partial charge in [-0.3, -0.25) is 14.4 Å². The molecule has 0 spiro atoms. The van der Waals surface area contributed by atoms with E-state index in [0.717, 1.165) is 47.4 Å². The van der Waals surface area contributed by atoms with Gasteiger partial charge < -0.3 is 4.74 Å². The molecule has 2 atom stereocenters. The number of Topliss-reactive ketones (excluding diaryl/α,β-unsaturated/α-hetero) is 1. The Labute approximate surface area is 223 Å². The van der Waals surface area contributed by atoms with Crippen LogP contribution in [0, 0.1) is 11.8 Å². The molecule has 0 aliphatic heterocycles. The van der Waals surface area contributed by atoms with Gasteiger partial charge in [-0.05, 0) is 102 Å². The molecule has 0 amide bonds. The maximum atomic E-state index is 14.0. The summed E-state index contributed by atoms with van der Waals surface area (Å²) in [4.78, 5) is 38.9. The van der Waals surface area contributed by atoms with E-state index in [9.17, 15) is 14.4 Å². The van der Waals surface area contributed by atoms with Gasteiger partial charge in [0.25, 0.3) is 5.91 Å². The summed E-state index contributed by atoms with van der Waals surface area (Å²) in [5, 5.41) is 5.33. The molecule has 1 heterocycles. The predicted octanol–water partition coefficient (Wildman–Crippen LogP) is 6.32. The number of esters is 1. The van der Waals surface area contributed by atoms with E-state index in [4.69, 9.17) is 21.4 Å².